The van der Waals surface area contributed by atoms with Crippen molar-refractivity contribution in [2.45, 2.75) is 12.5 Å². The molecule has 0 fully saturated rings. The van der Waals surface area contributed by atoms with Crippen molar-refractivity contribution in [3.05, 3.63) is 90.5 Å². The molecule has 0 amide bonds. The van der Waals surface area contributed by atoms with E-state index < -0.39 is 5.60 Å². The highest BCUT2D eigenvalue weighted by atomic mass is 16.5. The van der Waals surface area contributed by atoms with Crippen molar-refractivity contribution in [3.8, 4) is 16.9 Å². The highest BCUT2D eigenvalue weighted by Gasteiger charge is 2.32. The van der Waals surface area contributed by atoms with Gasteiger partial charge in [0.15, 0.2) is 11.4 Å². The molecule has 0 aliphatic rings. The molecular formula is C22H20O3. The number of hydrogen-bond donors (Lipinski definition) is 1. The van der Waals surface area contributed by atoms with Gasteiger partial charge in [-0.2, -0.15) is 0 Å². The summed E-state index contributed by atoms with van der Waals surface area (Å²) >= 11 is 0. The number of hydrogen-bond acceptors (Lipinski definition) is 3. The van der Waals surface area contributed by atoms with E-state index >= 15 is 0 Å². The number of ketones is 1. The predicted molar refractivity (Wildman–Crippen MR) is 98.8 cm³/mol. The lowest BCUT2D eigenvalue weighted by Crippen LogP contribution is -2.41. The second kappa shape index (κ2) is 7.32. The third-order valence-electron chi connectivity index (χ3n) is 4.01. The van der Waals surface area contributed by atoms with E-state index in [1.54, 1.807) is 24.3 Å². The van der Waals surface area contributed by atoms with E-state index in [9.17, 15) is 9.90 Å². The molecule has 0 radical (unpaired) electrons. The van der Waals surface area contributed by atoms with Gasteiger partial charge in [0.2, 0.25) is 0 Å². The van der Waals surface area contributed by atoms with Crippen molar-refractivity contribution in [2.24, 2.45) is 0 Å². The van der Waals surface area contributed by atoms with Gasteiger partial charge in [-0.1, -0.05) is 72.8 Å². The summed E-state index contributed by atoms with van der Waals surface area (Å²) in [5.41, 5.74) is 0.976. The summed E-state index contributed by atoms with van der Waals surface area (Å²) in [6.07, 6.45) is 0. The van der Waals surface area contributed by atoms with Crippen LogP contribution < -0.4 is 4.74 Å². The molecule has 0 bridgehead atoms. The molecule has 126 valence electrons. The van der Waals surface area contributed by atoms with Crippen LogP contribution in [0.25, 0.3) is 11.1 Å². The molecule has 1 unspecified atom stereocenters. The van der Waals surface area contributed by atoms with Crippen LogP contribution in [-0.4, -0.2) is 23.1 Å². The van der Waals surface area contributed by atoms with Crippen LogP contribution in [0.1, 0.15) is 17.3 Å². The molecule has 0 heterocycles. The molecule has 0 saturated heterocycles. The highest BCUT2D eigenvalue weighted by molar-refractivity contribution is 6.02. The molecule has 3 nitrogen and oxygen atoms in total. The van der Waals surface area contributed by atoms with E-state index in [1.165, 1.54) is 6.92 Å². The fraction of sp³-hybridized carbons (Fsp3) is 0.136. The SMILES string of the molecule is CC(O)(COc1ccccc1)C(=O)c1ccc(-c2ccccc2)cc1. The first kappa shape index (κ1) is 16.9. The van der Waals surface area contributed by atoms with Crippen molar-refractivity contribution in [3.63, 3.8) is 0 Å². The fourth-order valence-corrected chi connectivity index (χ4v) is 2.56. The summed E-state index contributed by atoms with van der Waals surface area (Å²) in [5.74, 6) is 0.262. The van der Waals surface area contributed by atoms with Crippen LogP contribution in [0.15, 0.2) is 84.9 Å². The van der Waals surface area contributed by atoms with Crippen LogP contribution in [0, 0.1) is 0 Å². The van der Waals surface area contributed by atoms with Crippen molar-refractivity contribution in [1.82, 2.24) is 0 Å². The van der Waals surface area contributed by atoms with Crippen LogP contribution in [-0.2, 0) is 0 Å². The van der Waals surface area contributed by atoms with E-state index in [0.717, 1.165) is 11.1 Å². The smallest absolute Gasteiger partial charge is 0.197 e. The molecule has 0 aliphatic heterocycles. The van der Waals surface area contributed by atoms with Crippen LogP contribution in [0.4, 0.5) is 0 Å². The van der Waals surface area contributed by atoms with Gasteiger partial charge in [0, 0.05) is 5.56 Å². The summed E-state index contributed by atoms with van der Waals surface area (Å²) in [7, 11) is 0. The quantitative estimate of drug-likeness (QED) is 0.682. The standard InChI is InChI=1S/C22H20O3/c1-22(24,16-25-20-10-6-3-7-11-20)21(23)19-14-12-18(13-15-19)17-8-4-2-5-9-17/h2-15,24H,16H2,1H3. The Morgan fingerprint density at radius 3 is 1.96 bits per heavy atom. The van der Waals surface area contributed by atoms with Gasteiger partial charge in [0.05, 0.1) is 0 Å². The van der Waals surface area contributed by atoms with E-state index in [2.05, 4.69) is 0 Å². The number of carbonyl (C=O) groups excluding carboxylic acids is 1. The summed E-state index contributed by atoms with van der Waals surface area (Å²) in [6.45, 7) is 1.37. The summed E-state index contributed by atoms with van der Waals surface area (Å²) in [4.78, 5) is 12.6. The Hall–Kier alpha value is -2.91. The third kappa shape index (κ3) is 4.14. The lowest BCUT2D eigenvalue weighted by Gasteiger charge is -2.22. The molecule has 3 aromatic rings. The van der Waals surface area contributed by atoms with Crippen molar-refractivity contribution >= 4 is 5.78 Å². The molecule has 0 aromatic heterocycles. The maximum absolute atomic E-state index is 12.6. The third-order valence-corrected chi connectivity index (χ3v) is 4.01. The zero-order valence-corrected chi connectivity index (χ0v) is 14.1. The molecule has 0 spiro atoms. The van der Waals surface area contributed by atoms with Gasteiger partial charge in [0.1, 0.15) is 12.4 Å². The van der Waals surface area contributed by atoms with Gasteiger partial charge in [-0.3, -0.25) is 4.79 Å². The van der Waals surface area contributed by atoms with Gasteiger partial charge < -0.3 is 9.84 Å². The second-order valence-corrected chi connectivity index (χ2v) is 6.15. The van der Waals surface area contributed by atoms with Gasteiger partial charge in [-0.05, 0) is 30.2 Å². The van der Waals surface area contributed by atoms with Gasteiger partial charge >= 0.3 is 0 Å². The van der Waals surface area contributed by atoms with Crippen molar-refractivity contribution < 1.29 is 14.6 Å². The average molecular weight is 332 g/mol. The van der Waals surface area contributed by atoms with Crippen molar-refractivity contribution in [1.29, 1.82) is 0 Å². The first-order valence-corrected chi connectivity index (χ1v) is 8.17. The number of Topliss-reactive ketones (excluding diaryl/α,β-unsaturated/α-hetero) is 1. The van der Waals surface area contributed by atoms with Crippen LogP contribution >= 0.6 is 0 Å². The molecule has 3 heteroatoms. The molecule has 3 aromatic carbocycles. The summed E-state index contributed by atoms with van der Waals surface area (Å²) < 4.78 is 5.54. The Kier molecular flexibility index (Phi) is 4.96. The van der Waals surface area contributed by atoms with E-state index in [0.29, 0.717) is 11.3 Å². The Morgan fingerprint density at radius 1 is 0.840 bits per heavy atom. The van der Waals surface area contributed by atoms with Crippen LogP contribution in [0.2, 0.25) is 0 Å². The van der Waals surface area contributed by atoms with E-state index in [-0.39, 0.29) is 12.4 Å². The Balaban J connectivity index is 1.71. The molecular weight excluding hydrogens is 312 g/mol. The topological polar surface area (TPSA) is 46.5 Å². The minimum Gasteiger partial charge on any atom is -0.490 e. The van der Waals surface area contributed by atoms with Crippen LogP contribution in [0.5, 0.6) is 5.75 Å². The van der Waals surface area contributed by atoms with Gasteiger partial charge in [-0.15, -0.1) is 0 Å². The Labute approximate surface area is 147 Å². The van der Waals surface area contributed by atoms with E-state index in [1.807, 2.05) is 60.7 Å². The highest BCUT2D eigenvalue weighted by Crippen LogP contribution is 2.22. The Morgan fingerprint density at radius 2 is 1.36 bits per heavy atom. The predicted octanol–water partition coefficient (Wildman–Crippen LogP) is 4.37. The monoisotopic (exact) mass is 332 g/mol. The number of aliphatic hydroxyl groups is 1. The Bertz CT molecular complexity index is 822. The maximum Gasteiger partial charge on any atom is 0.197 e. The normalized spacial score (nSPS) is 13.0. The number of ether oxygens (including phenoxy) is 1. The second-order valence-electron chi connectivity index (χ2n) is 6.15. The maximum atomic E-state index is 12.6. The molecule has 0 saturated carbocycles. The lowest BCUT2D eigenvalue weighted by atomic mass is 9.94. The zero-order valence-electron chi connectivity index (χ0n) is 14.1. The first-order chi connectivity index (χ1) is 12.1. The molecule has 0 aliphatic carbocycles. The minimum absolute atomic E-state index is 0.101. The lowest BCUT2D eigenvalue weighted by molar-refractivity contribution is 0.0161. The summed E-state index contributed by atoms with van der Waals surface area (Å²) in [5, 5.41) is 10.5. The molecule has 1 atom stereocenters. The number of rotatable bonds is 6. The van der Waals surface area contributed by atoms with Crippen LogP contribution in [0.3, 0.4) is 0 Å². The number of benzene rings is 3. The number of para-hydroxylation sites is 1. The average Bonchev–Trinajstić information content (AvgIpc) is 2.67. The minimum atomic E-state index is -1.59. The molecule has 1 N–H and O–H groups in total. The van der Waals surface area contributed by atoms with Crippen molar-refractivity contribution in [2.75, 3.05) is 6.61 Å². The zero-order chi connectivity index (χ0) is 17.7. The van der Waals surface area contributed by atoms with Gasteiger partial charge in [-0.25, -0.2) is 0 Å². The number of carbonyl (C=O) groups is 1. The first-order valence-electron chi connectivity index (χ1n) is 8.17. The molecule has 25 heavy (non-hydrogen) atoms. The summed E-state index contributed by atoms with van der Waals surface area (Å²) in [6, 6.07) is 26.3. The largest absolute Gasteiger partial charge is 0.490 e. The van der Waals surface area contributed by atoms with E-state index in [4.69, 9.17) is 4.74 Å². The molecule has 3 rings (SSSR count). The van der Waals surface area contributed by atoms with Gasteiger partial charge in [0.25, 0.3) is 0 Å². The fourth-order valence-electron chi connectivity index (χ4n) is 2.56.